The van der Waals surface area contributed by atoms with Gasteiger partial charge in [-0.2, -0.15) is 0 Å². The monoisotopic (exact) mass is 352 g/mol. The fraction of sp³-hybridized carbons (Fsp3) is 0.200. The first-order valence-corrected chi connectivity index (χ1v) is 8.48. The highest BCUT2D eigenvalue weighted by atomic mass is 19.1. The van der Waals surface area contributed by atoms with Gasteiger partial charge in [-0.25, -0.2) is 14.4 Å². The third-order valence-corrected chi connectivity index (χ3v) is 4.12. The second-order valence-corrected chi connectivity index (χ2v) is 6.06. The van der Waals surface area contributed by atoms with Gasteiger partial charge in [0, 0.05) is 18.8 Å². The molecular weight excluding hydrogens is 331 g/mol. The van der Waals surface area contributed by atoms with Crippen LogP contribution in [0.25, 0.3) is 22.5 Å². The maximum atomic E-state index is 13.5. The second kappa shape index (κ2) is 7.93. The van der Waals surface area contributed by atoms with Crippen molar-refractivity contribution in [1.29, 1.82) is 0 Å². The van der Waals surface area contributed by atoms with Gasteiger partial charge in [-0.3, -0.25) is 0 Å². The number of aromatic hydroxyl groups is 1. The van der Waals surface area contributed by atoms with Gasteiger partial charge in [0.25, 0.3) is 0 Å². The van der Waals surface area contributed by atoms with Crippen LogP contribution in [0, 0.1) is 5.82 Å². The van der Waals surface area contributed by atoms with Crippen molar-refractivity contribution in [3.05, 3.63) is 60.5 Å². The Kier molecular flexibility index (Phi) is 5.43. The second-order valence-electron chi connectivity index (χ2n) is 6.06. The molecule has 0 radical (unpaired) electrons. The maximum absolute atomic E-state index is 13.5. The van der Waals surface area contributed by atoms with Crippen molar-refractivity contribution in [3.8, 4) is 28.3 Å². The van der Waals surface area contributed by atoms with Gasteiger partial charge in [-0.1, -0.05) is 25.1 Å². The number of nitrogens with one attached hydrogen (secondary N) is 1. The maximum Gasteiger partial charge on any atom is 0.165 e. The number of hydrogen-bond donors (Lipinski definition) is 3. The molecule has 1 aromatic heterocycles. The predicted octanol–water partition coefficient (Wildman–Crippen LogP) is 3.80. The van der Waals surface area contributed by atoms with Crippen LogP contribution in [0.3, 0.4) is 0 Å². The van der Waals surface area contributed by atoms with E-state index in [0.29, 0.717) is 23.8 Å². The van der Waals surface area contributed by atoms with Crippen LogP contribution < -0.4 is 11.1 Å². The number of phenols is 1. The van der Waals surface area contributed by atoms with E-state index in [2.05, 4.69) is 15.3 Å². The van der Waals surface area contributed by atoms with Gasteiger partial charge >= 0.3 is 0 Å². The highest BCUT2D eigenvalue weighted by molar-refractivity contribution is 5.74. The molecule has 5 nitrogen and oxygen atoms in total. The largest absolute Gasteiger partial charge is 0.507 e. The molecule has 4 N–H and O–H groups in total. The van der Waals surface area contributed by atoms with Crippen LogP contribution in [-0.4, -0.2) is 27.7 Å². The molecule has 0 amide bonds. The summed E-state index contributed by atoms with van der Waals surface area (Å²) in [5, 5.41) is 13.4. The van der Waals surface area contributed by atoms with Crippen molar-refractivity contribution < 1.29 is 9.50 Å². The van der Waals surface area contributed by atoms with Crippen LogP contribution in [0.2, 0.25) is 0 Å². The lowest BCUT2D eigenvalue weighted by atomic mass is 10.0. The summed E-state index contributed by atoms with van der Waals surface area (Å²) in [6.45, 7) is 2.62. The number of aromatic nitrogens is 2. The van der Waals surface area contributed by atoms with E-state index in [1.165, 1.54) is 12.1 Å². The molecule has 0 aliphatic heterocycles. The Hall–Kier alpha value is -2.99. The Labute approximate surface area is 151 Å². The Morgan fingerprint density at radius 3 is 2.73 bits per heavy atom. The van der Waals surface area contributed by atoms with Crippen molar-refractivity contribution >= 4 is 5.82 Å². The van der Waals surface area contributed by atoms with E-state index in [1.54, 1.807) is 36.5 Å². The molecule has 6 heteroatoms. The van der Waals surface area contributed by atoms with Crippen molar-refractivity contribution in [2.75, 3.05) is 11.9 Å². The molecule has 0 aliphatic rings. The minimum absolute atomic E-state index is 0.0399. The third kappa shape index (κ3) is 4.15. The molecule has 0 saturated heterocycles. The quantitative estimate of drug-likeness (QED) is 0.628. The van der Waals surface area contributed by atoms with Crippen LogP contribution in [0.1, 0.15) is 13.3 Å². The van der Waals surface area contributed by atoms with E-state index in [-0.39, 0.29) is 17.6 Å². The number of anilines is 1. The summed E-state index contributed by atoms with van der Waals surface area (Å²) in [6, 6.07) is 13.1. The molecule has 26 heavy (non-hydrogen) atoms. The minimum Gasteiger partial charge on any atom is -0.507 e. The summed E-state index contributed by atoms with van der Waals surface area (Å²) in [6.07, 6.45) is 2.48. The molecule has 134 valence electrons. The molecule has 1 heterocycles. The number of rotatable bonds is 6. The molecule has 0 unspecified atom stereocenters. The normalized spacial score (nSPS) is 12.0. The zero-order chi connectivity index (χ0) is 18.5. The van der Waals surface area contributed by atoms with E-state index >= 15 is 0 Å². The fourth-order valence-corrected chi connectivity index (χ4v) is 2.53. The SMILES string of the molecule is CC[C@H](N)CNc1ccnc(-c2cc(-c3cccc(F)c3)ccc2O)n1. The summed E-state index contributed by atoms with van der Waals surface area (Å²) in [5.74, 6) is 0.768. The van der Waals surface area contributed by atoms with Crippen molar-refractivity contribution in [2.24, 2.45) is 5.73 Å². The minimum atomic E-state index is -0.313. The van der Waals surface area contributed by atoms with Crippen LogP contribution in [-0.2, 0) is 0 Å². The van der Waals surface area contributed by atoms with Gasteiger partial charge in [0.2, 0.25) is 0 Å². The van der Waals surface area contributed by atoms with Crippen molar-refractivity contribution in [1.82, 2.24) is 9.97 Å². The van der Waals surface area contributed by atoms with Crippen LogP contribution in [0.5, 0.6) is 5.75 Å². The van der Waals surface area contributed by atoms with Gasteiger partial charge in [0.15, 0.2) is 5.82 Å². The summed E-state index contributed by atoms with van der Waals surface area (Å²) in [7, 11) is 0. The average molecular weight is 352 g/mol. The third-order valence-electron chi connectivity index (χ3n) is 4.12. The van der Waals surface area contributed by atoms with E-state index < -0.39 is 0 Å². The Morgan fingerprint density at radius 2 is 1.96 bits per heavy atom. The van der Waals surface area contributed by atoms with Gasteiger partial charge < -0.3 is 16.2 Å². The number of nitrogens with two attached hydrogens (primary N) is 1. The lowest BCUT2D eigenvalue weighted by Crippen LogP contribution is -2.28. The standard InChI is InChI=1S/C20H21FN4O/c1-2-16(22)12-24-19-8-9-23-20(25-19)17-11-14(6-7-18(17)26)13-4-3-5-15(21)10-13/h3-11,16,26H,2,12,22H2,1H3,(H,23,24,25)/t16-/m0/s1. The molecule has 0 fully saturated rings. The molecule has 0 bridgehead atoms. The van der Waals surface area contributed by atoms with Gasteiger partial charge in [0.05, 0.1) is 5.56 Å². The van der Waals surface area contributed by atoms with Crippen LogP contribution >= 0.6 is 0 Å². The summed E-state index contributed by atoms with van der Waals surface area (Å²) >= 11 is 0. The molecule has 0 spiro atoms. The fourth-order valence-electron chi connectivity index (χ4n) is 2.53. The summed E-state index contributed by atoms with van der Waals surface area (Å²) < 4.78 is 13.5. The first-order chi connectivity index (χ1) is 12.6. The molecule has 0 aliphatic carbocycles. The molecule has 3 rings (SSSR count). The number of benzene rings is 2. The zero-order valence-electron chi connectivity index (χ0n) is 14.5. The smallest absolute Gasteiger partial charge is 0.165 e. The highest BCUT2D eigenvalue weighted by Crippen LogP contribution is 2.32. The molecule has 1 atom stereocenters. The predicted molar refractivity (Wildman–Crippen MR) is 101 cm³/mol. The average Bonchev–Trinajstić information content (AvgIpc) is 2.66. The topological polar surface area (TPSA) is 84.1 Å². The Balaban J connectivity index is 1.92. The van der Waals surface area contributed by atoms with E-state index in [0.717, 1.165) is 17.5 Å². The molecular formula is C20H21FN4O. The van der Waals surface area contributed by atoms with E-state index in [1.807, 2.05) is 13.0 Å². The molecule has 0 saturated carbocycles. The van der Waals surface area contributed by atoms with Gasteiger partial charge in [-0.15, -0.1) is 0 Å². The van der Waals surface area contributed by atoms with Crippen molar-refractivity contribution in [3.63, 3.8) is 0 Å². The lowest BCUT2D eigenvalue weighted by Gasteiger charge is -2.12. The van der Waals surface area contributed by atoms with E-state index in [4.69, 9.17) is 5.73 Å². The van der Waals surface area contributed by atoms with Crippen LogP contribution in [0.15, 0.2) is 54.7 Å². The number of nitrogens with zero attached hydrogens (tertiary/aromatic N) is 2. The first-order valence-electron chi connectivity index (χ1n) is 8.48. The summed E-state index contributed by atoms with van der Waals surface area (Å²) in [4.78, 5) is 8.70. The Morgan fingerprint density at radius 1 is 1.15 bits per heavy atom. The number of halogens is 1. The molecule has 3 aromatic rings. The first kappa shape index (κ1) is 17.8. The highest BCUT2D eigenvalue weighted by Gasteiger charge is 2.11. The van der Waals surface area contributed by atoms with Crippen LogP contribution in [0.4, 0.5) is 10.2 Å². The Bertz CT molecular complexity index is 900. The zero-order valence-corrected chi connectivity index (χ0v) is 14.5. The van der Waals surface area contributed by atoms with Gasteiger partial charge in [-0.05, 0) is 47.9 Å². The number of hydrogen-bond acceptors (Lipinski definition) is 5. The number of phenolic OH excluding ortho intramolecular Hbond substituents is 1. The molecule has 2 aromatic carbocycles. The summed E-state index contributed by atoms with van der Waals surface area (Å²) in [5.41, 5.74) is 7.88. The van der Waals surface area contributed by atoms with E-state index in [9.17, 15) is 9.50 Å². The van der Waals surface area contributed by atoms with Gasteiger partial charge in [0.1, 0.15) is 17.4 Å². The lowest BCUT2D eigenvalue weighted by molar-refractivity contribution is 0.477. The van der Waals surface area contributed by atoms with Crippen molar-refractivity contribution in [2.45, 2.75) is 19.4 Å².